The Morgan fingerprint density at radius 1 is 1.03 bits per heavy atom. The summed E-state index contributed by atoms with van der Waals surface area (Å²) in [4.78, 5) is 30.3. The third kappa shape index (κ3) is 4.20. The van der Waals surface area contributed by atoms with E-state index in [1.165, 1.54) is 17.0 Å². The summed E-state index contributed by atoms with van der Waals surface area (Å²) in [5.74, 6) is 0.0850. The standard InChI is InChI=1S/C25H27FN2O3/c1-3-15-31-21-6-4-5-20(16-21)28-24(29)22(18-7-9-19(26)10-8-18)23(25(28)30)27-13-11-17(2)12-14-27/h4-10,16-17H,3,11-15H2,1-2H3. The van der Waals surface area contributed by atoms with Crippen molar-refractivity contribution in [2.45, 2.75) is 33.1 Å². The van der Waals surface area contributed by atoms with Gasteiger partial charge in [0.25, 0.3) is 11.8 Å². The van der Waals surface area contributed by atoms with Crippen LogP contribution in [0.2, 0.25) is 0 Å². The number of rotatable bonds is 6. The average molecular weight is 423 g/mol. The van der Waals surface area contributed by atoms with E-state index in [-0.39, 0.29) is 11.7 Å². The van der Waals surface area contributed by atoms with Gasteiger partial charge >= 0.3 is 0 Å². The van der Waals surface area contributed by atoms with Crippen LogP contribution in [0, 0.1) is 11.7 Å². The first-order valence-corrected chi connectivity index (χ1v) is 10.9. The largest absolute Gasteiger partial charge is 0.494 e. The van der Waals surface area contributed by atoms with Crippen molar-refractivity contribution < 1.29 is 18.7 Å². The Balaban J connectivity index is 1.74. The lowest BCUT2D eigenvalue weighted by Crippen LogP contribution is -2.38. The van der Waals surface area contributed by atoms with E-state index < -0.39 is 5.91 Å². The van der Waals surface area contributed by atoms with Gasteiger partial charge in [0.2, 0.25) is 0 Å². The molecule has 6 heteroatoms. The van der Waals surface area contributed by atoms with Crippen molar-refractivity contribution in [3.8, 4) is 5.75 Å². The SMILES string of the molecule is CCCOc1cccc(N2C(=O)C(c3ccc(F)cc3)=C(N3CCC(C)CC3)C2=O)c1. The molecule has 0 radical (unpaired) electrons. The van der Waals surface area contributed by atoms with E-state index in [2.05, 4.69) is 6.92 Å². The topological polar surface area (TPSA) is 49.9 Å². The Kier molecular flexibility index (Phi) is 6.07. The van der Waals surface area contributed by atoms with Gasteiger partial charge < -0.3 is 9.64 Å². The highest BCUT2D eigenvalue weighted by molar-refractivity contribution is 6.45. The number of nitrogens with zero attached hydrogens (tertiary/aromatic N) is 2. The third-order valence-corrected chi connectivity index (χ3v) is 5.84. The van der Waals surface area contributed by atoms with Crippen molar-refractivity contribution >= 4 is 23.1 Å². The molecule has 1 saturated heterocycles. The number of carbonyl (C=O) groups excluding carboxylic acids is 2. The maximum Gasteiger partial charge on any atom is 0.282 e. The first-order valence-electron chi connectivity index (χ1n) is 10.9. The minimum absolute atomic E-state index is 0.333. The van der Waals surface area contributed by atoms with Gasteiger partial charge in [0.15, 0.2) is 0 Å². The molecule has 0 bridgehead atoms. The fourth-order valence-corrected chi connectivity index (χ4v) is 4.09. The van der Waals surface area contributed by atoms with Crippen molar-refractivity contribution in [3.63, 3.8) is 0 Å². The highest BCUT2D eigenvalue weighted by atomic mass is 19.1. The molecule has 0 saturated carbocycles. The van der Waals surface area contributed by atoms with Gasteiger partial charge in [-0.3, -0.25) is 9.59 Å². The number of benzene rings is 2. The highest BCUT2D eigenvalue weighted by Gasteiger charge is 2.43. The predicted molar refractivity (Wildman–Crippen MR) is 118 cm³/mol. The van der Waals surface area contributed by atoms with Crippen LogP contribution >= 0.6 is 0 Å². The second-order valence-electron chi connectivity index (χ2n) is 8.19. The zero-order chi connectivity index (χ0) is 22.0. The zero-order valence-corrected chi connectivity index (χ0v) is 17.9. The maximum atomic E-state index is 13.6. The van der Waals surface area contributed by atoms with Crippen LogP contribution in [0.15, 0.2) is 54.2 Å². The lowest BCUT2D eigenvalue weighted by atomic mass is 9.97. The number of amides is 2. The van der Waals surface area contributed by atoms with Crippen molar-refractivity contribution in [2.75, 3.05) is 24.6 Å². The van der Waals surface area contributed by atoms with E-state index in [4.69, 9.17) is 4.74 Å². The quantitative estimate of drug-likeness (QED) is 0.637. The summed E-state index contributed by atoms with van der Waals surface area (Å²) in [7, 11) is 0. The average Bonchev–Trinajstić information content (AvgIpc) is 3.03. The molecule has 4 rings (SSSR count). The highest BCUT2D eigenvalue weighted by Crippen LogP contribution is 2.37. The molecule has 2 aromatic rings. The summed E-state index contributed by atoms with van der Waals surface area (Å²) in [6.07, 6.45) is 2.78. The van der Waals surface area contributed by atoms with E-state index in [1.807, 2.05) is 17.9 Å². The van der Waals surface area contributed by atoms with Gasteiger partial charge in [0.1, 0.15) is 17.3 Å². The third-order valence-electron chi connectivity index (χ3n) is 5.84. The molecular formula is C25H27FN2O3. The number of anilines is 1. The van der Waals surface area contributed by atoms with Gasteiger partial charge in [-0.05, 0) is 55.0 Å². The number of ether oxygens (including phenoxy) is 1. The molecule has 0 aromatic heterocycles. The molecule has 162 valence electrons. The molecule has 0 atom stereocenters. The van der Waals surface area contributed by atoms with Crippen LogP contribution in [0.5, 0.6) is 5.75 Å². The fourth-order valence-electron chi connectivity index (χ4n) is 4.09. The van der Waals surface area contributed by atoms with E-state index in [0.29, 0.717) is 53.9 Å². The summed E-state index contributed by atoms with van der Waals surface area (Å²) in [5, 5.41) is 0. The second kappa shape index (κ2) is 8.92. The molecule has 0 spiro atoms. The Morgan fingerprint density at radius 3 is 2.42 bits per heavy atom. The fraction of sp³-hybridized carbons (Fsp3) is 0.360. The number of hydrogen-bond acceptors (Lipinski definition) is 4. The number of piperidine rings is 1. The van der Waals surface area contributed by atoms with E-state index in [1.54, 1.807) is 30.3 Å². The van der Waals surface area contributed by atoms with Crippen molar-refractivity contribution in [3.05, 3.63) is 65.6 Å². The molecule has 0 unspecified atom stereocenters. The van der Waals surface area contributed by atoms with Crippen molar-refractivity contribution in [1.29, 1.82) is 0 Å². The molecule has 2 aromatic carbocycles. The molecule has 5 nitrogen and oxygen atoms in total. The number of likely N-dealkylation sites (tertiary alicyclic amines) is 1. The lowest BCUT2D eigenvalue weighted by Gasteiger charge is -2.32. The molecule has 2 amide bonds. The van der Waals surface area contributed by atoms with Gasteiger partial charge in [-0.25, -0.2) is 9.29 Å². The minimum atomic E-state index is -0.391. The van der Waals surface area contributed by atoms with Gasteiger partial charge in [-0.1, -0.05) is 32.0 Å². The Labute approximate surface area is 182 Å². The molecule has 0 N–H and O–H groups in total. The van der Waals surface area contributed by atoms with Crippen LogP contribution in [-0.2, 0) is 9.59 Å². The Bertz CT molecular complexity index is 1010. The zero-order valence-electron chi connectivity index (χ0n) is 17.9. The number of carbonyl (C=O) groups is 2. The van der Waals surface area contributed by atoms with Gasteiger partial charge in [0.05, 0.1) is 17.9 Å². The molecule has 2 aliphatic heterocycles. The first kappa shape index (κ1) is 21.1. The van der Waals surface area contributed by atoms with Gasteiger partial charge in [0, 0.05) is 19.2 Å². The van der Waals surface area contributed by atoms with Crippen LogP contribution in [-0.4, -0.2) is 36.4 Å². The summed E-state index contributed by atoms with van der Waals surface area (Å²) in [5.41, 5.74) is 1.76. The summed E-state index contributed by atoms with van der Waals surface area (Å²) < 4.78 is 19.2. The molecule has 0 aliphatic carbocycles. The Morgan fingerprint density at radius 2 is 1.74 bits per heavy atom. The molecule has 31 heavy (non-hydrogen) atoms. The van der Waals surface area contributed by atoms with Crippen LogP contribution < -0.4 is 9.64 Å². The van der Waals surface area contributed by atoms with Crippen LogP contribution in [0.25, 0.3) is 5.57 Å². The number of imide groups is 1. The molecule has 2 aliphatic rings. The Hall–Kier alpha value is -3.15. The molecule has 2 heterocycles. The summed E-state index contributed by atoms with van der Waals surface area (Å²) in [6, 6.07) is 12.8. The monoisotopic (exact) mass is 422 g/mol. The predicted octanol–water partition coefficient (Wildman–Crippen LogP) is 4.63. The summed E-state index contributed by atoms with van der Waals surface area (Å²) >= 11 is 0. The number of halogens is 1. The van der Waals surface area contributed by atoms with Gasteiger partial charge in [-0.15, -0.1) is 0 Å². The summed E-state index contributed by atoms with van der Waals surface area (Å²) in [6.45, 7) is 6.20. The molecule has 1 fully saturated rings. The van der Waals surface area contributed by atoms with Crippen LogP contribution in [0.1, 0.15) is 38.7 Å². The first-order chi connectivity index (χ1) is 15.0. The van der Waals surface area contributed by atoms with Crippen LogP contribution in [0.4, 0.5) is 10.1 Å². The van der Waals surface area contributed by atoms with Crippen molar-refractivity contribution in [2.24, 2.45) is 5.92 Å². The normalized spacial score (nSPS) is 17.6. The van der Waals surface area contributed by atoms with E-state index >= 15 is 0 Å². The maximum absolute atomic E-state index is 13.6. The smallest absolute Gasteiger partial charge is 0.282 e. The molecular weight excluding hydrogens is 395 g/mol. The van der Waals surface area contributed by atoms with Gasteiger partial charge in [-0.2, -0.15) is 0 Å². The van der Waals surface area contributed by atoms with E-state index in [0.717, 1.165) is 19.3 Å². The second-order valence-corrected chi connectivity index (χ2v) is 8.19. The number of hydrogen-bond donors (Lipinski definition) is 0. The lowest BCUT2D eigenvalue weighted by molar-refractivity contribution is -0.120. The van der Waals surface area contributed by atoms with Crippen LogP contribution in [0.3, 0.4) is 0 Å². The minimum Gasteiger partial charge on any atom is -0.494 e. The van der Waals surface area contributed by atoms with E-state index in [9.17, 15) is 14.0 Å². The van der Waals surface area contributed by atoms with Crippen molar-refractivity contribution in [1.82, 2.24) is 4.90 Å².